The van der Waals surface area contributed by atoms with Crippen molar-refractivity contribution < 1.29 is 9.50 Å². The van der Waals surface area contributed by atoms with Crippen molar-refractivity contribution in [2.75, 3.05) is 5.32 Å². The number of hydrogen-bond acceptors (Lipinski definition) is 4. The van der Waals surface area contributed by atoms with Crippen molar-refractivity contribution in [3.05, 3.63) is 47.8 Å². The lowest BCUT2D eigenvalue weighted by Crippen LogP contribution is -2.29. The van der Waals surface area contributed by atoms with Gasteiger partial charge in [0.15, 0.2) is 0 Å². The van der Waals surface area contributed by atoms with Gasteiger partial charge >= 0.3 is 0 Å². The van der Waals surface area contributed by atoms with Crippen LogP contribution in [0.3, 0.4) is 0 Å². The molecule has 25 heavy (non-hydrogen) atoms. The van der Waals surface area contributed by atoms with E-state index in [9.17, 15) is 9.50 Å². The van der Waals surface area contributed by atoms with E-state index in [0.29, 0.717) is 5.56 Å². The fourth-order valence-corrected chi connectivity index (χ4v) is 3.62. The van der Waals surface area contributed by atoms with Crippen molar-refractivity contribution in [2.45, 2.75) is 37.8 Å². The molecule has 2 N–H and O–H groups in total. The number of nitrogens with zero attached hydrogens (tertiary/aromatic N) is 3. The highest BCUT2D eigenvalue weighted by molar-refractivity contribution is 6.29. The van der Waals surface area contributed by atoms with Gasteiger partial charge in [0.25, 0.3) is 0 Å². The Morgan fingerprint density at radius 2 is 2.16 bits per heavy atom. The van der Waals surface area contributed by atoms with Crippen LogP contribution in [0, 0.1) is 5.95 Å². The molecule has 5 nitrogen and oxygen atoms in total. The number of imidazole rings is 1. The summed E-state index contributed by atoms with van der Waals surface area (Å²) in [5, 5.41) is 13.4. The second-order valence-corrected chi connectivity index (χ2v) is 6.84. The Kier molecular flexibility index (Phi) is 4.31. The van der Waals surface area contributed by atoms with Gasteiger partial charge in [-0.1, -0.05) is 11.6 Å². The van der Waals surface area contributed by atoms with Gasteiger partial charge in [0, 0.05) is 23.9 Å². The van der Waals surface area contributed by atoms with Crippen LogP contribution >= 0.6 is 11.6 Å². The zero-order valence-electron chi connectivity index (χ0n) is 13.5. The Morgan fingerprint density at radius 3 is 2.96 bits per heavy atom. The highest BCUT2D eigenvalue weighted by Gasteiger charge is 2.20. The largest absolute Gasteiger partial charge is 0.393 e. The predicted octanol–water partition coefficient (Wildman–Crippen LogP) is 3.90. The summed E-state index contributed by atoms with van der Waals surface area (Å²) in [5.41, 5.74) is 3.06. The molecule has 0 saturated heterocycles. The average Bonchev–Trinajstić information content (AvgIpc) is 2.97. The number of anilines is 1. The van der Waals surface area contributed by atoms with E-state index in [-0.39, 0.29) is 17.3 Å². The summed E-state index contributed by atoms with van der Waals surface area (Å²) >= 11 is 5.88. The molecule has 0 radical (unpaired) electrons. The van der Waals surface area contributed by atoms with Gasteiger partial charge in [-0.25, -0.2) is 9.97 Å². The van der Waals surface area contributed by atoms with E-state index in [2.05, 4.69) is 15.3 Å². The van der Waals surface area contributed by atoms with Crippen LogP contribution in [0.1, 0.15) is 25.7 Å². The Bertz CT molecular complexity index is 893. The first-order valence-electron chi connectivity index (χ1n) is 8.33. The lowest BCUT2D eigenvalue weighted by atomic mass is 9.93. The van der Waals surface area contributed by atoms with Crippen LogP contribution in [0.4, 0.5) is 10.1 Å². The second kappa shape index (κ2) is 6.61. The third-order valence-corrected chi connectivity index (χ3v) is 4.78. The second-order valence-electron chi connectivity index (χ2n) is 6.45. The molecule has 4 rings (SSSR count). The summed E-state index contributed by atoms with van der Waals surface area (Å²) in [4.78, 5) is 7.92. The molecule has 3 heterocycles. The van der Waals surface area contributed by atoms with Crippen molar-refractivity contribution in [1.29, 1.82) is 0 Å². The smallest absolute Gasteiger partial charge is 0.214 e. The van der Waals surface area contributed by atoms with E-state index in [4.69, 9.17) is 11.6 Å². The molecule has 0 aromatic carbocycles. The molecule has 3 aromatic heterocycles. The fourth-order valence-electron chi connectivity index (χ4n) is 3.42. The van der Waals surface area contributed by atoms with Crippen molar-refractivity contribution >= 4 is 22.9 Å². The maximum Gasteiger partial charge on any atom is 0.214 e. The summed E-state index contributed by atoms with van der Waals surface area (Å²) < 4.78 is 15.5. The zero-order chi connectivity index (χ0) is 17.4. The minimum Gasteiger partial charge on any atom is -0.393 e. The molecule has 1 saturated carbocycles. The SMILES string of the molecule is OC1CCCC(Nc2ccc3ncc(-c4cc(F)nc(Cl)c4)n3c2)C1. The Morgan fingerprint density at radius 1 is 1.28 bits per heavy atom. The van der Waals surface area contributed by atoms with Crippen LogP contribution in [0.2, 0.25) is 5.15 Å². The Hall–Kier alpha value is -2.18. The quantitative estimate of drug-likeness (QED) is 0.695. The average molecular weight is 361 g/mol. The Balaban J connectivity index is 1.67. The van der Waals surface area contributed by atoms with Crippen LogP contribution in [-0.4, -0.2) is 31.6 Å². The molecule has 0 aliphatic heterocycles. The lowest BCUT2D eigenvalue weighted by Gasteiger charge is -2.27. The summed E-state index contributed by atoms with van der Waals surface area (Å²) in [6.45, 7) is 0. The van der Waals surface area contributed by atoms with Gasteiger partial charge < -0.3 is 10.4 Å². The number of aliphatic hydroxyl groups excluding tert-OH is 1. The number of aliphatic hydroxyl groups is 1. The minimum atomic E-state index is -0.622. The highest BCUT2D eigenvalue weighted by atomic mass is 35.5. The molecule has 0 bridgehead atoms. The molecule has 3 aromatic rings. The number of aromatic nitrogens is 3. The van der Waals surface area contributed by atoms with Crippen LogP contribution in [0.25, 0.3) is 16.9 Å². The van der Waals surface area contributed by atoms with Gasteiger partial charge in [-0.2, -0.15) is 4.39 Å². The van der Waals surface area contributed by atoms with Crippen LogP contribution in [0.15, 0.2) is 36.7 Å². The first kappa shape index (κ1) is 16.3. The van der Waals surface area contributed by atoms with E-state index in [1.807, 2.05) is 22.7 Å². The monoisotopic (exact) mass is 360 g/mol. The van der Waals surface area contributed by atoms with Gasteiger partial charge in [0.1, 0.15) is 10.8 Å². The highest BCUT2D eigenvalue weighted by Crippen LogP contribution is 2.26. The first-order chi connectivity index (χ1) is 12.1. The number of rotatable bonds is 3. The summed E-state index contributed by atoms with van der Waals surface area (Å²) in [6.07, 6.45) is 7.07. The molecule has 7 heteroatoms. The molecule has 2 unspecified atom stereocenters. The zero-order valence-corrected chi connectivity index (χ0v) is 14.2. The summed E-state index contributed by atoms with van der Waals surface area (Å²) in [6, 6.07) is 7.08. The number of hydrogen-bond donors (Lipinski definition) is 2. The number of halogens is 2. The molecule has 2 atom stereocenters. The number of pyridine rings is 2. The molecule has 1 aliphatic rings. The van der Waals surface area contributed by atoms with Gasteiger partial charge in [0.2, 0.25) is 5.95 Å². The van der Waals surface area contributed by atoms with Gasteiger partial charge in [0.05, 0.1) is 23.7 Å². The third-order valence-electron chi connectivity index (χ3n) is 4.58. The van der Waals surface area contributed by atoms with E-state index in [0.717, 1.165) is 42.7 Å². The van der Waals surface area contributed by atoms with Crippen molar-refractivity contribution in [3.63, 3.8) is 0 Å². The maximum atomic E-state index is 13.6. The topological polar surface area (TPSA) is 62.5 Å². The van der Waals surface area contributed by atoms with Crippen molar-refractivity contribution in [3.8, 4) is 11.3 Å². The minimum absolute atomic E-state index is 0.107. The van der Waals surface area contributed by atoms with Gasteiger partial charge in [-0.05, 0) is 43.9 Å². The van der Waals surface area contributed by atoms with E-state index >= 15 is 0 Å². The van der Waals surface area contributed by atoms with E-state index in [1.54, 1.807) is 12.3 Å². The lowest BCUT2D eigenvalue weighted by molar-refractivity contribution is 0.124. The molecular formula is C18H18ClFN4O. The number of fused-ring (bicyclic) bond motifs is 1. The standard InChI is InChI=1S/C18H18ClFN4O/c19-16-6-11(7-17(20)23-16)15-9-21-18-5-4-13(10-24(15)18)22-12-2-1-3-14(25)8-12/h4-7,9-10,12,14,22,25H,1-3,8H2. The maximum absolute atomic E-state index is 13.6. The molecule has 1 fully saturated rings. The predicted molar refractivity (Wildman–Crippen MR) is 95.3 cm³/mol. The summed E-state index contributed by atoms with van der Waals surface area (Å²) in [7, 11) is 0. The molecule has 0 amide bonds. The van der Waals surface area contributed by atoms with Crippen LogP contribution in [-0.2, 0) is 0 Å². The van der Waals surface area contributed by atoms with Gasteiger partial charge in [-0.3, -0.25) is 4.40 Å². The first-order valence-corrected chi connectivity index (χ1v) is 8.71. The van der Waals surface area contributed by atoms with Crippen LogP contribution in [0.5, 0.6) is 0 Å². The number of nitrogens with one attached hydrogen (secondary N) is 1. The van der Waals surface area contributed by atoms with Crippen molar-refractivity contribution in [1.82, 2.24) is 14.4 Å². The van der Waals surface area contributed by atoms with E-state index < -0.39 is 5.95 Å². The van der Waals surface area contributed by atoms with Crippen LogP contribution < -0.4 is 5.32 Å². The molecule has 0 spiro atoms. The fraction of sp³-hybridized carbons (Fsp3) is 0.333. The molecule has 1 aliphatic carbocycles. The Labute approximate surface area is 149 Å². The van der Waals surface area contributed by atoms with E-state index in [1.165, 1.54) is 6.07 Å². The molecular weight excluding hydrogens is 343 g/mol. The molecule has 130 valence electrons. The summed E-state index contributed by atoms with van der Waals surface area (Å²) in [5.74, 6) is -0.622. The normalized spacial score (nSPS) is 20.8. The van der Waals surface area contributed by atoms with Crippen molar-refractivity contribution in [2.24, 2.45) is 0 Å². The third kappa shape index (κ3) is 3.45. The van der Waals surface area contributed by atoms with Gasteiger partial charge in [-0.15, -0.1) is 0 Å².